The molecule has 0 fully saturated rings. The number of hydrogen-bond donors (Lipinski definition) is 1. The highest BCUT2D eigenvalue weighted by Crippen LogP contribution is 2.38. The molecule has 36 heavy (non-hydrogen) atoms. The second-order valence-corrected chi connectivity index (χ2v) is 9.97. The molecule has 0 unspecified atom stereocenters. The van der Waals surface area contributed by atoms with Gasteiger partial charge >= 0.3 is 12.1 Å². The number of nitrogens with two attached hydrogens (primary N) is 1. The monoisotopic (exact) mass is 512 g/mol. The Bertz CT molecular complexity index is 1580. The number of amides is 1. The van der Waals surface area contributed by atoms with E-state index >= 15 is 0 Å². The number of benzene rings is 3. The highest BCUT2D eigenvalue weighted by molar-refractivity contribution is 7.92. The molecule has 0 aliphatic heterocycles. The summed E-state index contributed by atoms with van der Waals surface area (Å²) in [5.74, 6) is -0.457. The summed E-state index contributed by atoms with van der Waals surface area (Å²) in [6.45, 7) is 1.67. The van der Waals surface area contributed by atoms with Gasteiger partial charge in [-0.1, -0.05) is 0 Å². The van der Waals surface area contributed by atoms with Gasteiger partial charge in [0.1, 0.15) is 34.2 Å². The fraction of sp³-hybridized carbons (Fsp3) is 0.120. The van der Waals surface area contributed by atoms with Crippen LogP contribution in [0.1, 0.15) is 15.9 Å². The van der Waals surface area contributed by atoms with Gasteiger partial charge in [-0.05, 0) is 67.1 Å². The van der Waals surface area contributed by atoms with Crippen molar-refractivity contribution in [1.82, 2.24) is 0 Å². The van der Waals surface area contributed by atoms with E-state index in [-0.39, 0.29) is 22.7 Å². The van der Waals surface area contributed by atoms with Gasteiger partial charge in [0.25, 0.3) is 0 Å². The third-order valence-electron chi connectivity index (χ3n) is 5.41. The first-order valence-electron chi connectivity index (χ1n) is 10.5. The zero-order valence-electron chi connectivity index (χ0n) is 19.4. The molecule has 1 heterocycles. The number of hydrogen-bond acceptors (Lipinski definition) is 7. The van der Waals surface area contributed by atoms with E-state index in [9.17, 15) is 22.4 Å². The minimum absolute atomic E-state index is 0.0485. The van der Waals surface area contributed by atoms with Gasteiger partial charge in [-0.2, -0.15) is 0 Å². The maximum atomic E-state index is 13.1. The Morgan fingerprint density at radius 1 is 1.00 bits per heavy atom. The third-order valence-corrected chi connectivity index (χ3v) is 6.60. The van der Waals surface area contributed by atoms with Crippen LogP contribution >= 0.6 is 0 Å². The molecule has 0 radical (unpaired) electrons. The Balaban J connectivity index is 1.80. The largest absolute Gasteiger partial charge is 0.457 e. The number of anilines is 1. The highest BCUT2D eigenvalue weighted by atomic mass is 32.2. The second-order valence-electron chi connectivity index (χ2n) is 7.96. The van der Waals surface area contributed by atoms with Crippen LogP contribution in [0.15, 0.2) is 65.1 Å². The molecule has 0 saturated heterocycles. The Morgan fingerprint density at radius 2 is 1.58 bits per heavy atom. The van der Waals surface area contributed by atoms with Crippen LogP contribution in [0.25, 0.3) is 22.3 Å². The van der Waals surface area contributed by atoms with E-state index in [4.69, 9.17) is 14.9 Å². The fourth-order valence-corrected chi connectivity index (χ4v) is 4.17. The van der Waals surface area contributed by atoms with Crippen molar-refractivity contribution in [3.63, 3.8) is 0 Å². The van der Waals surface area contributed by atoms with Crippen molar-refractivity contribution in [2.45, 2.75) is 6.92 Å². The number of ether oxygens (including phenoxy) is 2. The summed E-state index contributed by atoms with van der Waals surface area (Å²) in [4.78, 5) is 24.1. The maximum absolute atomic E-state index is 13.1. The number of nitrogens with zero attached hydrogens (tertiary/aromatic N) is 1. The standard InChI is InChI=1S/C25H21FN2O7S/c1-14-12-19-21(13-20(14)28(2)36(3,31)32)34-23(22(19)24(29)35-25(27)30)15-4-8-17(9-5-15)33-18-10-6-16(26)7-11-18/h4-13H,1-3H3,(H2,27,30). The molecule has 0 atom stereocenters. The Morgan fingerprint density at radius 3 is 2.14 bits per heavy atom. The quantitative estimate of drug-likeness (QED) is 0.285. The molecule has 2 N–H and O–H groups in total. The lowest BCUT2D eigenvalue weighted by molar-refractivity contribution is 0.0640. The highest BCUT2D eigenvalue weighted by Gasteiger charge is 2.27. The summed E-state index contributed by atoms with van der Waals surface area (Å²) >= 11 is 0. The summed E-state index contributed by atoms with van der Waals surface area (Å²) < 4.78 is 54.6. The van der Waals surface area contributed by atoms with Crippen molar-refractivity contribution in [2.24, 2.45) is 5.73 Å². The first-order chi connectivity index (χ1) is 16.9. The van der Waals surface area contributed by atoms with Crippen molar-refractivity contribution < 1.29 is 36.3 Å². The van der Waals surface area contributed by atoms with Gasteiger partial charge in [0.05, 0.1) is 11.9 Å². The number of primary amides is 1. The SMILES string of the molecule is Cc1cc2c(C(=O)OC(N)=O)c(-c3ccc(Oc4ccc(F)cc4)cc3)oc2cc1N(C)S(C)(=O)=O. The van der Waals surface area contributed by atoms with Crippen LogP contribution in [0.4, 0.5) is 14.9 Å². The van der Waals surface area contributed by atoms with Crippen LogP contribution in [0, 0.1) is 12.7 Å². The molecule has 1 aromatic heterocycles. The van der Waals surface area contributed by atoms with Crippen molar-refractivity contribution in [1.29, 1.82) is 0 Å². The molecule has 0 saturated carbocycles. The number of carbonyl (C=O) groups is 2. The number of furan rings is 1. The van der Waals surface area contributed by atoms with Gasteiger partial charge < -0.3 is 19.6 Å². The molecule has 9 nitrogen and oxygen atoms in total. The zero-order chi connectivity index (χ0) is 26.2. The van der Waals surface area contributed by atoms with Crippen molar-refractivity contribution >= 4 is 38.7 Å². The van der Waals surface area contributed by atoms with Gasteiger partial charge in [0.2, 0.25) is 10.0 Å². The maximum Gasteiger partial charge on any atom is 0.412 e. The minimum atomic E-state index is -3.56. The van der Waals surface area contributed by atoms with E-state index in [1.165, 1.54) is 37.4 Å². The molecule has 186 valence electrons. The first-order valence-corrected chi connectivity index (χ1v) is 12.4. The summed E-state index contributed by atoms with van der Waals surface area (Å²) in [5.41, 5.74) is 6.54. The van der Waals surface area contributed by atoms with Crippen LogP contribution in [0.2, 0.25) is 0 Å². The lowest BCUT2D eigenvalue weighted by Gasteiger charge is -2.18. The molecule has 0 aliphatic carbocycles. The van der Waals surface area contributed by atoms with E-state index in [0.717, 1.165) is 10.6 Å². The Kier molecular flexibility index (Phi) is 6.42. The summed E-state index contributed by atoms with van der Waals surface area (Å²) in [7, 11) is -2.17. The molecular formula is C25H21FN2O7S. The van der Waals surface area contributed by atoms with Gasteiger partial charge in [0.15, 0.2) is 0 Å². The molecule has 1 amide bonds. The Labute approximate surface area is 205 Å². The average molecular weight is 513 g/mol. The normalized spacial score (nSPS) is 11.3. The minimum Gasteiger partial charge on any atom is -0.457 e. The van der Waals surface area contributed by atoms with E-state index < -0.39 is 22.1 Å². The summed E-state index contributed by atoms with van der Waals surface area (Å²) in [5, 5.41) is 0.311. The van der Waals surface area contributed by atoms with Crippen LogP contribution in [-0.4, -0.2) is 33.8 Å². The molecule has 4 aromatic rings. The van der Waals surface area contributed by atoms with Gasteiger partial charge in [-0.25, -0.2) is 22.4 Å². The number of carbonyl (C=O) groups excluding carboxylic acids is 2. The average Bonchev–Trinajstić information content (AvgIpc) is 3.17. The topological polar surface area (TPSA) is 129 Å². The number of fused-ring (bicyclic) bond motifs is 1. The van der Waals surface area contributed by atoms with E-state index in [2.05, 4.69) is 4.74 Å². The van der Waals surface area contributed by atoms with Crippen LogP contribution in [0.3, 0.4) is 0 Å². The van der Waals surface area contributed by atoms with Gasteiger partial charge in [-0.3, -0.25) is 4.31 Å². The van der Waals surface area contributed by atoms with Crippen LogP contribution in [0.5, 0.6) is 11.5 Å². The molecule has 0 bridgehead atoms. The lowest BCUT2D eigenvalue weighted by atomic mass is 10.0. The predicted octanol–water partition coefficient (Wildman–Crippen LogP) is 4.97. The molecule has 4 rings (SSSR count). The van der Waals surface area contributed by atoms with Gasteiger partial charge in [0, 0.05) is 24.1 Å². The second kappa shape index (κ2) is 9.34. The van der Waals surface area contributed by atoms with E-state index in [1.54, 1.807) is 37.3 Å². The number of halogens is 1. The number of rotatable bonds is 6. The first kappa shape index (κ1) is 24.7. The van der Waals surface area contributed by atoms with Crippen molar-refractivity contribution in [3.8, 4) is 22.8 Å². The molecule has 3 aromatic carbocycles. The van der Waals surface area contributed by atoms with E-state index in [1.807, 2.05) is 0 Å². The van der Waals surface area contributed by atoms with Crippen molar-refractivity contribution in [3.05, 3.63) is 77.6 Å². The third kappa shape index (κ3) is 5.01. The zero-order valence-corrected chi connectivity index (χ0v) is 20.3. The summed E-state index contributed by atoms with van der Waals surface area (Å²) in [6.07, 6.45) is -0.219. The number of sulfonamides is 1. The van der Waals surface area contributed by atoms with E-state index in [0.29, 0.717) is 33.7 Å². The molecular weight excluding hydrogens is 491 g/mol. The molecule has 0 spiro atoms. The predicted molar refractivity (Wildman–Crippen MR) is 131 cm³/mol. The van der Waals surface area contributed by atoms with Crippen LogP contribution in [-0.2, 0) is 14.8 Å². The summed E-state index contributed by atoms with van der Waals surface area (Å²) in [6, 6.07) is 15.0. The van der Waals surface area contributed by atoms with Crippen molar-refractivity contribution in [2.75, 3.05) is 17.6 Å². The van der Waals surface area contributed by atoms with Crippen LogP contribution < -0.4 is 14.8 Å². The van der Waals surface area contributed by atoms with Gasteiger partial charge in [-0.15, -0.1) is 0 Å². The smallest absolute Gasteiger partial charge is 0.412 e. The Hall–Kier alpha value is -4.38. The fourth-order valence-electron chi connectivity index (χ4n) is 3.62. The number of aryl methyl sites for hydroxylation is 1. The lowest BCUT2D eigenvalue weighted by Crippen LogP contribution is -2.25. The molecule has 11 heteroatoms. The molecule has 0 aliphatic rings. The number of esters is 1.